The Hall–Kier alpha value is -2.09. The fourth-order valence-corrected chi connectivity index (χ4v) is 6.01. The number of carbonyl (C=O) groups excluding carboxylic acids is 1. The Balaban J connectivity index is 1.57. The van der Waals surface area contributed by atoms with E-state index in [0.717, 1.165) is 11.3 Å². The smallest absolute Gasteiger partial charge is 0.243 e. The number of amides is 1. The van der Waals surface area contributed by atoms with Gasteiger partial charge in [-0.3, -0.25) is 4.79 Å². The van der Waals surface area contributed by atoms with E-state index in [1.165, 1.54) is 16.4 Å². The number of sulfonamides is 1. The molecule has 0 aromatic heterocycles. The molecular formula is C22H25ClN2O4S. The molecule has 2 atom stereocenters. The van der Waals surface area contributed by atoms with Crippen LogP contribution in [0.2, 0.25) is 5.02 Å². The van der Waals surface area contributed by atoms with Gasteiger partial charge in [-0.05, 0) is 57.0 Å². The zero-order valence-corrected chi connectivity index (χ0v) is 18.5. The minimum Gasteiger partial charge on any atom is -0.487 e. The molecule has 0 unspecified atom stereocenters. The van der Waals surface area contributed by atoms with Crippen molar-refractivity contribution in [2.45, 2.75) is 55.7 Å². The molecule has 1 amide bonds. The van der Waals surface area contributed by atoms with Crippen LogP contribution < -0.4 is 10.1 Å². The number of ether oxygens (including phenoxy) is 1. The fourth-order valence-electron chi connectivity index (χ4n) is 4.23. The Bertz CT molecular complexity index is 1050. The van der Waals surface area contributed by atoms with E-state index in [1.54, 1.807) is 12.1 Å². The van der Waals surface area contributed by atoms with Crippen LogP contribution in [0.15, 0.2) is 53.4 Å². The summed E-state index contributed by atoms with van der Waals surface area (Å²) in [7, 11) is -3.78. The van der Waals surface area contributed by atoms with Gasteiger partial charge < -0.3 is 10.1 Å². The minimum atomic E-state index is -3.78. The first-order valence-corrected chi connectivity index (χ1v) is 11.8. The third-order valence-electron chi connectivity index (χ3n) is 5.62. The van der Waals surface area contributed by atoms with Gasteiger partial charge in [0, 0.05) is 23.6 Å². The van der Waals surface area contributed by atoms with Gasteiger partial charge in [0.25, 0.3) is 0 Å². The van der Waals surface area contributed by atoms with Gasteiger partial charge in [-0.25, -0.2) is 8.42 Å². The summed E-state index contributed by atoms with van der Waals surface area (Å²) in [5.41, 5.74) is 0.479. The predicted octanol–water partition coefficient (Wildman–Crippen LogP) is 3.91. The van der Waals surface area contributed by atoms with Crippen LogP contribution in [-0.2, 0) is 14.8 Å². The molecule has 0 bridgehead atoms. The van der Waals surface area contributed by atoms with Crippen LogP contribution in [0.5, 0.6) is 5.75 Å². The third-order valence-corrected chi connectivity index (χ3v) is 7.79. The molecule has 30 heavy (non-hydrogen) atoms. The second kappa shape index (κ2) is 7.87. The average Bonchev–Trinajstić information content (AvgIpc) is 3.18. The number of para-hydroxylation sites is 1. The zero-order chi connectivity index (χ0) is 21.5. The Morgan fingerprint density at radius 3 is 2.60 bits per heavy atom. The van der Waals surface area contributed by atoms with Gasteiger partial charge in [0.15, 0.2) is 0 Å². The standard InChI is InChI=1S/C22H25ClN2O4S/c1-22(2)14-18(17-6-3-4-8-20(17)29-22)24-21(26)19-7-5-13-25(19)30(27,28)16-11-9-15(23)10-12-16/h3-4,6,8-12,18-19H,5,7,13-14H2,1-2H3,(H,24,26)/t18-,19-/m0/s1. The maximum atomic E-state index is 13.2. The molecule has 0 saturated carbocycles. The van der Waals surface area contributed by atoms with Gasteiger partial charge in [-0.1, -0.05) is 29.8 Å². The lowest BCUT2D eigenvalue weighted by Gasteiger charge is -2.38. The summed E-state index contributed by atoms with van der Waals surface area (Å²) in [4.78, 5) is 13.3. The van der Waals surface area contributed by atoms with Gasteiger partial charge in [0.1, 0.15) is 17.4 Å². The van der Waals surface area contributed by atoms with Gasteiger partial charge in [-0.15, -0.1) is 0 Å². The van der Waals surface area contributed by atoms with E-state index in [2.05, 4.69) is 5.32 Å². The van der Waals surface area contributed by atoms with Crippen molar-refractivity contribution in [3.8, 4) is 5.75 Å². The van der Waals surface area contributed by atoms with Gasteiger partial charge in [-0.2, -0.15) is 4.31 Å². The zero-order valence-electron chi connectivity index (χ0n) is 17.0. The van der Waals surface area contributed by atoms with E-state index in [1.807, 2.05) is 38.1 Å². The van der Waals surface area contributed by atoms with Gasteiger partial charge in [0.05, 0.1) is 10.9 Å². The van der Waals surface area contributed by atoms with Crippen LogP contribution >= 0.6 is 11.6 Å². The van der Waals surface area contributed by atoms with E-state index in [9.17, 15) is 13.2 Å². The number of nitrogens with one attached hydrogen (secondary N) is 1. The Labute approximate surface area is 182 Å². The van der Waals surface area contributed by atoms with E-state index < -0.39 is 21.7 Å². The average molecular weight is 449 g/mol. The summed E-state index contributed by atoms with van der Waals surface area (Å²) in [5.74, 6) is 0.471. The predicted molar refractivity (Wildman–Crippen MR) is 115 cm³/mol. The van der Waals surface area contributed by atoms with E-state index >= 15 is 0 Å². The molecule has 2 aliphatic heterocycles. The van der Waals surface area contributed by atoms with Crippen LogP contribution in [-0.4, -0.2) is 36.8 Å². The van der Waals surface area contributed by atoms with Gasteiger partial charge in [0.2, 0.25) is 15.9 Å². The fraction of sp³-hybridized carbons (Fsp3) is 0.409. The summed E-state index contributed by atoms with van der Waals surface area (Å²) >= 11 is 5.89. The number of nitrogens with zero attached hydrogens (tertiary/aromatic N) is 1. The molecule has 8 heteroatoms. The van der Waals surface area contributed by atoms with Gasteiger partial charge >= 0.3 is 0 Å². The maximum Gasteiger partial charge on any atom is 0.243 e. The summed E-state index contributed by atoms with van der Waals surface area (Å²) in [6.45, 7) is 4.28. The Morgan fingerprint density at radius 1 is 1.17 bits per heavy atom. The number of carbonyl (C=O) groups is 1. The lowest BCUT2D eigenvalue weighted by Crippen LogP contribution is -2.49. The van der Waals surface area contributed by atoms with Crippen molar-refractivity contribution in [2.75, 3.05) is 6.54 Å². The SMILES string of the molecule is CC1(C)C[C@H](NC(=O)[C@@H]2CCCN2S(=O)(=O)c2ccc(Cl)cc2)c2ccccc2O1. The van der Waals surface area contributed by atoms with Crippen molar-refractivity contribution in [3.05, 3.63) is 59.1 Å². The molecule has 0 spiro atoms. The molecule has 160 valence electrons. The molecule has 2 aromatic carbocycles. The number of halogens is 1. The lowest BCUT2D eigenvalue weighted by atomic mass is 9.89. The molecule has 2 heterocycles. The number of hydrogen-bond donors (Lipinski definition) is 1. The van der Waals surface area contributed by atoms with Crippen LogP contribution in [0.1, 0.15) is 44.7 Å². The van der Waals surface area contributed by atoms with Crippen LogP contribution in [0.3, 0.4) is 0 Å². The van der Waals surface area contributed by atoms with Crippen LogP contribution in [0.4, 0.5) is 0 Å². The van der Waals surface area contributed by atoms with Crippen LogP contribution in [0, 0.1) is 0 Å². The molecule has 1 saturated heterocycles. The lowest BCUT2D eigenvalue weighted by molar-refractivity contribution is -0.125. The molecule has 4 rings (SSSR count). The highest BCUT2D eigenvalue weighted by molar-refractivity contribution is 7.89. The molecule has 1 N–H and O–H groups in total. The van der Waals surface area contributed by atoms with Crippen molar-refractivity contribution in [3.63, 3.8) is 0 Å². The highest BCUT2D eigenvalue weighted by Crippen LogP contribution is 2.39. The van der Waals surface area contributed by atoms with Crippen molar-refractivity contribution < 1.29 is 17.9 Å². The minimum absolute atomic E-state index is 0.143. The first kappa shape index (κ1) is 21.2. The molecule has 0 radical (unpaired) electrons. The first-order valence-electron chi connectivity index (χ1n) is 10.0. The van der Waals surface area contributed by atoms with Crippen LogP contribution in [0.25, 0.3) is 0 Å². The molecule has 0 aliphatic carbocycles. The van der Waals surface area contributed by atoms with Crippen molar-refractivity contribution in [1.29, 1.82) is 0 Å². The first-order chi connectivity index (χ1) is 14.2. The molecule has 1 fully saturated rings. The second-order valence-corrected chi connectivity index (χ2v) is 10.7. The van der Waals surface area contributed by atoms with Crippen molar-refractivity contribution in [2.24, 2.45) is 0 Å². The Kier molecular flexibility index (Phi) is 5.55. The number of rotatable bonds is 4. The van der Waals surface area contributed by atoms with Crippen molar-refractivity contribution >= 4 is 27.5 Å². The summed E-state index contributed by atoms with van der Waals surface area (Å²) < 4.78 is 33.6. The van der Waals surface area contributed by atoms with E-state index in [0.29, 0.717) is 30.8 Å². The summed E-state index contributed by atoms with van der Waals surface area (Å²) in [6, 6.07) is 12.7. The number of fused-ring (bicyclic) bond motifs is 1. The molecule has 2 aliphatic rings. The second-order valence-electron chi connectivity index (χ2n) is 8.39. The normalized spacial score (nSPS) is 23.4. The molecular weight excluding hydrogens is 424 g/mol. The van der Waals surface area contributed by atoms with E-state index in [4.69, 9.17) is 16.3 Å². The molecule has 2 aromatic rings. The van der Waals surface area contributed by atoms with Crippen molar-refractivity contribution in [1.82, 2.24) is 9.62 Å². The quantitative estimate of drug-likeness (QED) is 0.769. The topological polar surface area (TPSA) is 75.7 Å². The highest BCUT2D eigenvalue weighted by atomic mass is 35.5. The molecule has 6 nitrogen and oxygen atoms in total. The summed E-state index contributed by atoms with van der Waals surface area (Å²) in [6.07, 6.45) is 1.74. The summed E-state index contributed by atoms with van der Waals surface area (Å²) in [5, 5.41) is 3.55. The van der Waals surface area contributed by atoms with E-state index in [-0.39, 0.29) is 16.8 Å². The monoisotopic (exact) mass is 448 g/mol. The number of benzene rings is 2. The third kappa shape index (κ3) is 4.06. The largest absolute Gasteiger partial charge is 0.487 e. The Morgan fingerprint density at radius 2 is 1.87 bits per heavy atom. The highest BCUT2D eigenvalue weighted by Gasteiger charge is 2.41. The number of hydrogen-bond acceptors (Lipinski definition) is 4. The maximum absolute atomic E-state index is 13.2.